The fraction of sp³-hybridized carbons (Fsp3) is 0.667. The van der Waals surface area contributed by atoms with Gasteiger partial charge in [0.1, 0.15) is 5.60 Å². The second-order valence-electron chi connectivity index (χ2n) is 6.39. The molecule has 0 spiro atoms. The van der Waals surface area contributed by atoms with E-state index in [1.807, 2.05) is 27.8 Å². The maximum absolute atomic E-state index is 12.1. The predicted molar refractivity (Wildman–Crippen MR) is 83.9 cm³/mol. The molecule has 0 fully saturated rings. The van der Waals surface area contributed by atoms with Gasteiger partial charge in [0.2, 0.25) is 0 Å². The number of fused-ring (bicyclic) bond motifs is 1. The summed E-state index contributed by atoms with van der Waals surface area (Å²) >= 11 is 7.86. The summed E-state index contributed by atoms with van der Waals surface area (Å²) < 4.78 is 6.32. The molecular formula is C15H22ClNO2S. The molecule has 1 aliphatic carbocycles. The Morgan fingerprint density at radius 3 is 2.70 bits per heavy atom. The van der Waals surface area contributed by atoms with E-state index in [4.69, 9.17) is 16.3 Å². The van der Waals surface area contributed by atoms with E-state index in [1.54, 1.807) is 16.2 Å². The molecule has 2 rings (SSSR count). The van der Waals surface area contributed by atoms with Crippen LogP contribution in [-0.2, 0) is 17.6 Å². The van der Waals surface area contributed by atoms with Gasteiger partial charge in [-0.25, -0.2) is 4.79 Å². The average Bonchev–Trinajstić information content (AvgIpc) is 2.61. The van der Waals surface area contributed by atoms with Gasteiger partial charge in [-0.1, -0.05) is 11.6 Å². The monoisotopic (exact) mass is 315 g/mol. The number of carbonyl (C=O) groups excluding carboxylic acids is 1. The molecule has 0 aromatic carbocycles. The lowest BCUT2D eigenvalue weighted by molar-refractivity contribution is 0.0211. The highest BCUT2D eigenvalue weighted by atomic mass is 35.5. The molecule has 1 heterocycles. The Bertz CT molecular complexity index is 519. The Morgan fingerprint density at radius 1 is 1.45 bits per heavy atom. The van der Waals surface area contributed by atoms with Crippen LogP contribution in [0.3, 0.4) is 0 Å². The third-order valence-electron chi connectivity index (χ3n) is 3.67. The maximum Gasteiger partial charge on any atom is 0.410 e. The number of nitrogens with zero attached hydrogens (tertiary/aromatic N) is 1. The minimum atomic E-state index is -0.450. The van der Waals surface area contributed by atoms with Gasteiger partial charge >= 0.3 is 6.09 Å². The molecule has 1 amide bonds. The predicted octanol–water partition coefficient (Wildman–Crippen LogP) is 4.43. The fourth-order valence-corrected chi connectivity index (χ4v) is 4.05. The van der Waals surface area contributed by atoms with Crippen LogP contribution in [0.2, 0.25) is 4.34 Å². The van der Waals surface area contributed by atoms with Crippen LogP contribution in [0.25, 0.3) is 0 Å². The van der Waals surface area contributed by atoms with Gasteiger partial charge in [-0.3, -0.25) is 0 Å². The maximum atomic E-state index is 12.1. The van der Waals surface area contributed by atoms with Crippen molar-refractivity contribution in [3.05, 3.63) is 20.3 Å². The van der Waals surface area contributed by atoms with E-state index in [9.17, 15) is 4.79 Å². The third-order valence-corrected chi connectivity index (χ3v) is 5.33. The van der Waals surface area contributed by atoms with Crippen molar-refractivity contribution in [2.75, 3.05) is 7.05 Å². The largest absolute Gasteiger partial charge is 0.444 e. The van der Waals surface area contributed by atoms with Gasteiger partial charge < -0.3 is 9.64 Å². The van der Waals surface area contributed by atoms with E-state index < -0.39 is 5.60 Å². The summed E-state index contributed by atoms with van der Waals surface area (Å²) in [6.45, 7) is 7.75. The van der Waals surface area contributed by atoms with Crippen molar-refractivity contribution in [2.45, 2.75) is 58.6 Å². The lowest BCUT2D eigenvalue weighted by atomic mass is 9.92. The van der Waals surface area contributed by atoms with Gasteiger partial charge in [-0.2, -0.15) is 0 Å². The smallest absolute Gasteiger partial charge is 0.410 e. The molecule has 0 aliphatic heterocycles. The number of carbonyl (C=O) groups is 1. The Hall–Kier alpha value is -0.740. The highest BCUT2D eigenvalue weighted by molar-refractivity contribution is 7.16. The first-order valence-electron chi connectivity index (χ1n) is 6.91. The molecule has 20 heavy (non-hydrogen) atoms. The SMILES string of the molecule is Cc1c(Cl)sc2c1CC[C@@H](N(C)C(=O)OC(C)(C)C)C2. The molecule has 5 heteroatoms. The number of amides is 1. The number of ether oxygens (including phenoxy) is 1. The van der Waals surface area contributed by atoms with Gasteiger partial charge in [-0.15, -0.1) is 11.3 Å². The van der Waals surface area contributed by atoms with E-state index in [2.05, 4.69) is 6.92 Å². The minimum Gasteiger partial charge on any atom is -0.444 e. The van der Waals surface area contributed by atoms with E-state index >= 15 is 0 Å². The van der Waals surface area contributed by atoms with E-state index in [0.717, 1.165) is 23.6 Å². The van der Waals surface area contributed by atoms with Gasteiger partial charge in [0.05, 0.1) is 4.34 Å². The minimum absolute atomic E-state index is 0.200. The molecule has 3 nitrogen and oxygen atoms in total. The Kier molecular flexibility index (Phi) is 4.35. The molecule has 1 aromatic rings. The number of halogens is 1. The van der Waals surface area contributed by atoms with Crippen LogP contribution in [0.15, 0.2) is 0 Å². The summed E-state index contributed by atoms with van der Waals surface area (Å²) in [5.41, 5.74) is 2.15. The fourth-order valence-electron chi connectivity index (χ4n) is 2.51. The Labute approximate surface area is 129 Å². The summed E-state index contributed by atoms with van der Waals surface area (Å²) in [6.07, 6.45) is 2.59. The van der Waals surface area contributed by atoms with Crippen LogP contribution in [0.5, 0.6) is 0 Å². The van der Waals surface area contributed by atoms with E-state index in [0.29, 0.717) is 0 Å². The van der Waals surface area contributed by atoms with Crippen LogP contribution in [0.1, 0.15) is 43.2 Å². The zero-order valence-electron chi connectivity index (χ0n) is 12.7. The lowest BCUT2D eigenvalue weighted by Crippen LogP contribution is -2.43. The number of hydrogen-bond acceptors (Lipinski definition) is 3. The van der Waals surface area contributed by atoms with Gasteiger partial charge in [0, 0.05) is 24.4 Å². The van der Waals surface area contributed by atoms with Gasteiger partial charge in [-0.05, 0) is 51.7 Å². The number of rotatable bonds is 1. The molecule has 1 aliphatic rings. The summed E-state index contributed by atoms with van der Waals surface area (Å²) in [4.78, 5) is 15.2. The quantitative estimate of drug-likeness (QED) is 0.767. The first-order chi connectivity index (χ1) is 9.19. The molecule has 0 bridgehead atoms. The van der Waals surface area contributed by atoms with Crippen LogP contribution >= 0.6 is 22.9 Å². The van der Waals surface area contributed by atoms with Crippen molar-refractivity contribution in [3.8, 4) is 0 Å². The second-order valence-corrected chi connectivity index (χ2v) is 8.10. The first-order valence-corrected chi connectivity index (χ1v) is 8.11. The molecule has 112 valence electrons. The van der Waals surface area contributed by atoms with Gasteiger partial charge in [0.15, 0.2) is 0 Å². The Morgan fingerprint density at radius 2 is 2.10 bits per heavy atom. The van der Waals surface area contributed by atoms with Gasteiger partial charge in [0.25, 0.3) is 0 Å². The van der Waals surface area contributed by atoms with Crippen molar-refractivity contribution in [1.29, 1.82) is 0 Å². The summed E-state index contributed by atoms with van der Waals surface area (Å²) in [5, 5.41) is 0. The topological polar surface area (TPSA) is 29.5 Å². The zero-order chi connectivity index (χ0) is 15.1. The molecule has 1 aromatic heterocycles. The highest BCUT2D eigenvalue weighted by Crippen LogP contribution is 2.37. The van der Waals surface area contributed by atoms with E-state index in [-0.39, 0.29) is 12.1 Å². The van der Waals surface area contributed by atoms with Crippen molar-refractivity contribution in [3.63, 3.8) is 0 Å². The van der Waals surface area contributed by atoms with Crippen LogP contribution in [0.4, 0.5) is 4.79 Å². The molecule has 0 radical (unpaired) electrons. The normalized spacial score (nSPS) is 18.6. The average molecular weight is 316 g/mol. The first kappa shape index (κ1) is 15.6. The standard InChI is InChI=1S/C15H22ClNO2S/c1-9-11-7-6-10(8-12(11)20-13(9)16)17(5)14(18)19-15(2,3)4/h10H,6-8H2,1-5H3/t10-/m1/s1. The van der Waals surface area contributed by atoms with Crippen molar-refractivity contribution in [2.24, 2.45) is 0 Å². The summed E-state index contributed by atoms with van der Waals surface area (Å²) in [7, 11) is 1.83. The molecule has 0 saturated carbocycles. The molecule has 0 N–H and O–H groups in total. The van der Waals surface area contributed by atoms with Crippen LogP contribution in [-0.4, -0.2) is 29.7 Å². The number of likely N-dealkylation sites (N-methyl/N-ethyl adjacent to an activating group) is 1. The van der Waals surface area contributed by atoms with Crippen molar-refractivity contribution in [1.82, 2.24) is 4.90 Å². The summed E-state index contributed by atoms with van der Waals surface area (Å²) in [6, 6.07) is 0.200. The Balaban J connectivity index is 2.07. The van der Waals surface area contributed by atoms with Crippen molar-refractivity contribution >= 4 is 29.0 Å². The van der Waals surface area contributed by atoms with Crippen LogP contribution in [0, 0.1) is 6.92 Å². The van der Waals surface area contributed by atoms with Crippen molar-refractivity contribution < 1.29 is 9.53 Å². The zero-order valence-corrected chi connectivity index (χ0v) is 14.3. The lowest BCUT2D eigenvalue weighted by Gasteiger charge is -2.33. The molecular weight excluding hydrogens is 294 g/mol. The summed E-state index contributed by atoms with van der Waals surface area (Å²) in [5.74, 6) is 0. The molecule has 1 atom stereocenters. The number of thiophene rings is 1. The van der Waals surface area contributed by atoms with Crippen LogP contribution < -0.4 is 0 Å². The highest BCUT2D eigenvalue weighted by Gasteiger charge is 2.30. The third kappa shape index (κ3) is 3.29. The molecule has 0 saturated heterocycles. The second kappa shape index (κ2) is 5.57. The van der Waals surface area contributed by atoms with E-state index in [1.165, 1.54) is 16.0 Å². The molecule has 0 unspecified atom stereocenters. The number of hydrogen-bond donors (Lipinski definition) is 0.